The Kier molecular flexibility index (Phi) is 5.87. The third-order valence-corrected chi connectivity index (χ3v) is 6.24. The summed E-state index contributed by atoms with van der Waals surface area (Å²) >= 11 is 0. The van der Waals surface area contributed by atoms with Gasteiger partial charge in [0.15, 0.2) is 0 Å². The highest BCUT2D eigenvalue weighted by Crippen LogP contribution is 2.59. The number of amides is 1. The van der Waals surface area contributed by atoms with Gasteiger partial charge in [0.1, 0.15) is 23.4 Å². The van der Waals surface area contributed by atoms with Crippen LogP contribution >= 0.6 is 0 Å². The number of carbonyl (C=O) groups is 1. The molecule has 1 amide bonds. The quantitative estimate of drug-likeness (QED) is 0.536. The van der Waals surface area contributed by atoms with Gasteiger partial charge in [-0.25, -0.2) is 4.79 Å². The van der Waals surface area contributed by atoms with Crippen molar-refractivity contribution < 1.29 is 28.8 Å². The van der Waals surface area contributed by atoms with E-state index in [1.807, 2.05) is 0 Å². The molecule has 6 unspecified atom stereocenters. The second-order valence-corrected chi connectivity index (χ2v) is 8.44. The minimum absolute atomic E-state index is 0.0141. The number of nitrogens with zero attached hydrogens (tertiary/aromatic N) is 1. The van der Waals surface area contributed by atoms with Crippen LogP contribution in [0.5, 0.6) is 0 Å². The number of hydrogen-bond acceptors (Lipinski definition) is 6. The molecule has 0 aromatic rings. The molecule has 0 aromatic carbocycles. The first-order chi connectivity index (χ1) is 12.8. The van der Waals surface area contributed by atoms with E-state index in [4.69, 9.17) is 24.1 Å². The molecule has 1 aliphatic carbocycles. The average molecular weight is 383 g/mol. The SMILES string of the molecule is COC1C(OC(=O)N(C)CCO)CCC2(CO2)C1C1(C)OC1CC=C(C)C. The molecule has 154 valence electrons. The van der Waals surface area contributed by atoms with E-state index in [2.05, 4.69) is 26.8 Å². The second-order valence-electron chi connectivity index (χ2n) is 8.44. The number of methoxy groups -OCH3 is 1. The number of aliphatic hydroxyl groups excluding tert-OH is 1. The van der Waals surface area contributed by atoms with Gasteiger partial charge in [0.05, 0.1) is 25.2 Å². The van der Waals surface area contributed by atoms with E-state index >= 15 is 0 Å². The van der Waals surface area contributed by atoms with Gasteiger partial charge in [-0.15, -0.1) is 0 Å². The molecule has 0 aromatic heterocycles. The van der Waals surface area contributed by atoms with E-state index in [1.54, 1.807) is 14.2 Å². The lowest BCUT2D eigenvalue weighted by Crippen LogP contribution is -2.56. The van der Waals surface area contributed by atoms with Crippen LogP contribution in [0.25, 0.3) is 0 Å². The number of ether oxygens (including phenoxy) is 4. The molecule has 3 rings (SSSR count). The summed E-state index contributed by atoms with van der Waals surface area (Å²) in [7, 11) is 3.28. The lowest BCUT2D eigenvalue weighted by atomic mass is 9.68. The molecule has 2 aliphatic heterocycles. The molecule has 7 nitrogen and oxygen atoms in total. The molecule has 2 saturated heterocycles. The smallest absolute Gasteiger partial charge is 0.409 e. The number of aliphatic hydroxyl groups is 1. The fourth-order valence-corrected chi connectivity index (χ4v) is 4.53. The van der Waals surface area contributed by atoms with Crippen molar-refractivity contribution in [2.24, 2.45) is 5.92 Å². The fourth-order valence-electron chi connectivity index (χ4n) is 4.53. The van der Waals surface area contributed by atoms with Gasteiger partial charge in [0, 0.05) is 20.7 Å². The third kappa shape index (κ3) is 4.01. The third-order valence-electron chi connectivity index (χ3n) is 6.24. The summed E-state index contributed by atoms with van der Waals surface area (Å²) in [4.78, 5) is 13.7. The predicted octanol–water partition coefficient (Wildman–Crippen LogP) is 2.12. The van der Waals surface area contributed by atoms with Crippen LogP contribution in [0.4, 0.5) is 4.79 Å². The maximum Gasteiger partial charge on any atom is 0.409 e. The van der Waals surface area contributed by atoms with Crippen molar-refractivity contribution in [3.63, 3.8) is 0 Å². The lowest BCUT2D eigenvalue weighted by molar-refractivity contribution is -0.121. The van der Waals surface area contributed by atoms with Crippen molar-refractivity contribution in [3.05, 3.63) is 11.6 Å². The Morgan fingerprint density at radius 3 is 2.67 bits per heavy atom. The largest absolute Gasteiger partial charge is 0.443 e. The van der Waals surface area contributed by atoms with E-state index < -0.39 is 6.09 Å². The van der Waals surface area contributed by atoms with Gasteiger partial charge in [0.25, 0.3) is 0 Å². The summed E-state index contributed by atoms with van der Waals surface area (Å²) < 4.78 is 23.7. The minimum atomic E-state index is -0.439. The van der Waals surface area contributed by atoms with Gasteiger partial charge >= 0.3 is 6.09 Å². The Bertz CT molecular complexity index is 585. The molecule has 1 spiro atoms. The number of hydrogen-bond donors (Lipinski definition) is 1. The van der Waals surface area contributed by atoms with E-state index in [0.717, 1.165) is 12.8 Å². The van der Waals surface area contributed by atoms with E-state index in [1.165, 1.54) is 10.5 Å². The lowest BCUT2D eigenvalue weighted by Gasteiger charge is -2.42. The number of carbonyl (C=O) groups excluding carboxylic acids is 1. The zero-order chi connectivity index (χ0) is 19.8. The van der Waals surface area contributed by atoms with Gasteiger partial charge in [-0.3, -0.25) is 0 Å². The van der Waals surface area contributed by atoms with Gasteiger partial charge < -0.3 is 29.0 Å². The Morgan fingerprint density at radius 2 is 2.11 bits per heavy atom. The summed E-state index contributed by atoms with van der Waals surface area (Å²) in [6.45, 7) is 7.15. The van der Waals surface area contributed by atoms with Crippen LogP contribution in [0.3, 0.4) is 0 Å². The Balaban J connectivity index is 1.74. The maximum atomic E-state index is 12.3. The topological polar surface area (TPSA) is 84.1 Å². The van der Waals surface area contributed by atoms with Crippen molar-refractivity contribution in [1.29, 1.82) is 0 Å². The van der Waals surface area contributed by atoms with Crippen LogP contribution in [0.2, 0.25) is 0 Å². The van der Waals surface area contributed by atoms with Crippen molar-refractivity contribution in [3.8, 4) is 0 Å². The van der Waals surface area contributed by atoms with E-state index in [-0.39, 0.29) is 48.6 Å². The Morgan fingerprint density at radius 1 is 1.41 bits per heavy atom. The first-order valence-electron chi connectivity index (χ1n) is 9.78. The fraction of sp³-hybridized carbons (Fsp3) is 0.850. The van der Waals surface area contributed by atoms with Crippen LogP contribution in [0, 0.1) is 5.92 Å². The molecule has 2 heterocycles. The highest BCUT2D eigenvalue weighted by molar-refractivity contribution is 5.67. The number of likely N-dealkylation sites (N-methyl/N-ethyl adjacent to an activating group) is 1. The standard InChI is InChI=1S/C20H33NO6/c1-13(2)6-7-15-19(3,27-15)17-16(24-5)14(8-9-20(17)12-25-20)26-18(23)21(4)10-11-22/h6,14-17,22H,7-12H2,1-5H3. The second kappa shape index (κ2) is 7.70. The summed E-state index contributed by atoms with van der Waals surface area (Å²) in [6.07, 6.45) is 3.64. The molecule has 0 radical (unpaired) electrons. The van der Waals surface area contributed by atoms with Gasteiger partial charge in [0.2, 0.25) is 0 Å². The highest BCUT2D eigenvalue weighted by Gasteiger charge is 2.72. The summed E-state index contributed by atoms with van der Waals surface area (Å²) in [5, 5.41) is 9.03. The molecule has 3 aliphatic rings. The normalized spacial score (nSPS) is 39.8. The minimum Gasteiger partial charge on any atom is -0.443 e. The molecule has 1 N–H and O–H groups in total. The van der Waals surface area contributed by atoms with Gasteiger partial charge in [-0.05, 0) is 40.0 Å². The first-order valence-corrected chi connectivity index (χ1v) is 9.78. The van der Waals surface area contributed by atoms with Gasteiger partial charge in [-0.1, -0.05) is 11.6 Å². The summed E-state index contributed by atoms with van der Waals surface area (Å²) in [6, 6.07) is 0. The summed E-state index contributed by atoms with van der Waals surface area (Å²) in [5.41, 5.74) is 0.705. The van der Waals surface area contributed by atoms with Crippen LogP contribution < -0.4 is 0 Å². The number of allylic oxidation sites excluding steroid dienone is 1. The Labute approximate surface area is 161 Å². The maximum absolute atomic E-state index is 12.3. The van der Waals surface area contributed by atoms with E-state index in [9.17, 15) is 4.79 Å². The summed E-state index contributed by atoms with van der Waals surface area (Å²) in [5.74, 6) is 0.0141. The molecular weight excluding hydrogens is 350 g/mol. The number of rotatable bonds is 7. The molecule has 6 atom stereocenters. The molecule has 7 heteroatoms. The number of epoxide rings is 2. The molecule has 27 heavy (non-hydrogen) atoms. The van der Waals surface area contributed by atoms with Crippen LogP contribution in [-0.2, 0) is 18.9 Å². The molecular formula is C20H33NO6. The average Bonchev–Trinajstić information content (AvgIpc) is 3.52. The molecule has 3 fully saturated rings. The van der Waals surface area contributed by atoms with Crippen molar-refractivity contribution >= 4 is 6.09 Å². The monoisotopic (exact) mass is 383 g/mol. The van der Waals surface area contributed by atoms with Crippen molar-refractivity contribution in [1.82, 2.24) is 4.90 Å². The van der Waals surface area contributed by atoms with Crippen LogP contribution in [0.1, 0.15) is 40.0 Å². The first kappa shape index (κ1) is 20.6. The predicted molar refractivity (Wildman–Crippen MR) is 99.5 cm³/mol. The molecule has 0 bridgehead atoms. The van der Waals surface area contributed by atoms with E-state index in [0.29, 0.717) is 13.0 Å². The zero-order valence-electron chi connectivity index (χ0n) is 17.1. The van der Waals surface area contributed by atoms with Crippen LogP contribution in [-0.4, -0.2) is 79.5 Å². The van der Waals surface area contributed by atoms with Crippen molar-refractivity contribution in [2.75, 3.05) is 33.9 Å². The van der Waals surface area contributed by atoms with Crippen LogP contribution in [0.15, 0.2) is 11.6 Å². The highest BCUT2D eigenvalue weighted by atomic mass is 16.6. The Hall–Kier alpha value is -1.15. The zero-order valence-corrected chi connectivity index (χ0v) is 17.1. The molecule has 1 saturated carbocycles. The van der Waals surface area contributed by atoms with Crippen molar-refractivity contribution in [2.45, 2.75) is 69.5 Å². The van der Waals surface area contributed by atoms with Gasteiger partial charge in [-0.2, -0.15) is 0 Å².